The van der Waals surface area contributed by atoms with Crippen LogP contribution in [-0.2, 0) is 0 Å². The number of H-pyrrole nitrogens is 1. The van der Waals surface area contributed by atoms with Crippen LogP contribution >= 0.6 is 0 Å². The predicted molar refractivity (Wildman–Crippen MR) is 48.4 cm³/mol. The van der Waals surface area contributed by atoms with Gasteiger partial charge in [0, 0.05) is 5.56 Å². The Morgan fingerprint density at radius 1 is 1.38 bits per heavy atom. The third-order valence-electron chi connectivity index (χ3n) is 1.81. The highest BCUT2D eigenvalue weighted by Crippen LogP contribution is 2.20. The summed E-state index contributed by atoms with van der Waals surface area (Å²) in [5.74, 6) is -0.400. The highest BCUT2D eigenvalue weighted by Gasteiger charge is 2.02. The van der Waals surface area contributed by atoms with Gasteiger partial charge in [-0.3, -0.25) is 0 Å². The number of nitrogens with one attached hydrogen (secondary N) is 1. The number of hydrogen-bond donors (Lipinski definition) is 2. The van der Waals surface area contributed by atoms with Gasteiger partial charge in [-0.25, -0.2) is 9.37 Å². The molecule has 1 aromatic carbocycles. The van der Waals surface area contributed by atoms with Crippen LogP contribution in [0.1, 0.15) is 0 Å². The number of anilines is 1. The minimum Gasteiger partial charge on any atom is -0.396 e. The van der Waals surface area contributed by atoms with Crippen LogP contribution in [0.15, 0.2) is 30.7 Å². The number of nitrogens with zero attached hydrogens (tertiary/aromatic N) is 1. The van der Waals surface area contributed by atoms with Gasteiger partial charge in [-0.1, -0.05) is 0 Å². The molecule has 2 aromatic rings. The largest absolute Gasteiger partial charge is 0.396 e. The van der Waals surface area contributed by atoms with Crippen molar-refractivity contribution in [1.29, 1.82) is 0 Å². The average molecular weight is 177 g/mol. The molecule has 0 saturated carbocycles. The van der Waals surface area contributed by atoms with Crippen LogP contribution < -0.4 is 5.73 Å². The van der Waals surface area contributed by atoms with Crippen molar-refractivity contribution in [2.24, 2.45) is 0 Å². The molecule has 13 heavy (non-hydrogen) atoms. The van der Waals surface area contributed by atoms with Gasteiger partial charge in [0.15, 0.2) is 0 Å². The van der Waals surface area contributed by atoms with Crippen LogP contribution in [0.2, 0.25) is 0 Å². The first-order valence-electron chi connectivity index (χ1n) is 3.81. The Labute approximate surface area is 74.4 Å². The lowest BCUT2D eigenvalue weighted by Gasteiger charge is -1.99. The van der Waals surface area contributed by atoms with Crippen molar-refractivity contribution < 1.29 is 4.39 Å². The summed E-state index contributed by atoms with van der Waals surface area (Å²) < 4.78 is 12.8. The van der Waals surface area contributed by atoms with Crippen molar-refractivity contribution >= 4 is 5.69 Å². The van der Waals surface area contributed by atoms with E-state index < -0.39 is 5.82 Å². The summed E-state index contributed by atoms with van der Waals surface area (Å²) in [6, 6.07) is 4.56. The number of nitrogen functional groups attached to an aromatic ring is 1. The van der Waals surface area contributed by atoms with E-state index in [1.165, 1.54) is 6.07 Å². The number of aromatic amines is 1. The lowest BCUT2D eigenvalue weighted by atomic mass is 10.1. The van der Waals surface area contributed by atoms with Gasteiger partial charge in [-0.05, 0) is 18.2 Å². The molecule has 0 aliphatic carbocycles. The molecule has 3 nitrogen and oxygen atoms in total. The van der Waals surface area contributed by atoms with Crippen LogP contribution in [0.25, 0.3) is 11.3 Å². The second-order valence-corrected chi connectivity index (χ2v) is 2.70. The van der Waals surface area contributed by atoms with E-state index in [0.29, 0.717) is 0 Å². The fourth-order valence-corrected chi connectivity index (χ4v) is 1.13. The highest BCUT2D eigenvalue weighted by atomic mass is 19.1. The van der Waals surface area contributed by atoms with Gasteiger partial charge in [-0.2, -0.15) is 0 Å². The van der Waals surface area contributed by atoms with Crippen molar-refractivity contribution in [2.75, 3.05) is 5.73 Å². The minimum absolute atomic E-state index is 0.145. The van der Waals surface area contributed by atoms with E-state index in [0.717, 1.165) is 11.3 Å². The number of nitrogens with two attached hydrogens (primary N) is 1. The molecule has 0 unspecified atom stereocenters. The third kappa shape index (κ3) is 1.38. The Kier molecular flexibility index (Phi) is 1.73. The summed E-state index contributed by atoms with van der Waals surface area (Å²) in [4.78, 5) is 6.77. The number of rotatable bonds is 1. The molecule has 0 saturated heterocycles. The maximum absolute atomic E-state index is 12.8. The third-order valence-corrected chi connectivity index (χ3v) is 1.81. The molecule has 0 atom stereocenters. The van der Waals surface area contributed by atoms with E-state index in [4.69, 9.17) is 5.73 Å². The first-order valence-corrected chi connectivity index (χ1v) is 3.81. The fraction of sp³-hybridized carbons (Fsp3) is 0. The topological polar surface area (TPSA) is 54.7 Å². The molecule has 1 aromatic heterocycles. The molecule has 0 aliphatic heterocycles. The van der Waals surface area contributed by atoms with Crippen LogP contribution in [0.5, 0.6) is 0 Å². The molecule has 0 aliphatic rings. The predicted octanol–water partition coefficient (Wildman–Crippen LogP) is 1.80. The quantitative estimate of drug-likeness (QED) is 0.652. The zero-order chi connectivity index (χ0) is 9.26. The van der Waals surface area contributed by atoms with Crippen LogP contribution in [0.3, 0.4) is 0 Å². The zero-order valence-electron chi connectivity index (χ0n) is 6.79. The van der Waals surface area contributed by atoms with Gasteiger partial charge in [-0.15, -0.1) is 0 Å². The Hall–Kier alpha value is -1.84. The molecular weight excluding hydrogens is 169 g/mol. The molecule has 0 amide bonds. The van der Waals surface area contributed by atoms with E-state index in [-0.39, 0.29) is 5.69 Å². The number of imidazole rings is 1. The Morgan fingerprint density at radius 2 is 2.23 bits per heavy atom. The second kappa shape index (κ2) is 2.90. The van der Waals surface area contributed by atoms with Crippen LogP contribution in [0.4, 0.5) is 10.1 Å². The maximum atomic E-state index is 12.8. The summed E-state index contributed by atoms with van der Waals surface area (Å²) in [5, 5.41) is 0. The monoisotopic (exact) mass is 177 g/mol. The lowest BCUT2D eigenvalue weighted by Crippen LogP contribution is -1.90. The Bertz CT molecular complexity index is 409. The summed E-state index contributed by atoms with van der Waals surface area (Å²) in [6.45, 7) is 0. The molecular formula is C9H8FN3. The van der Waals surface area contributed by atoms with Gasteiger partial charge in [0.25, 0.3) is 0 Å². The summed E-state index contributed by atoms with van der Waals surface area (Å²) in [5.41, 5.74) is 7.22. The molecule has 2 rings (SSSR count). The molecule has 0 spiro atoms. The fourth-order valence-electron chi connectivity index (χ4n) is 1.13. The van der Waals surface area contributed by atoms with Gasteiger partial charge in [0.1, 0.15) is 5.82 Å². The second-order valence-electron chi connectivity index (χ2n) is 2.70. The van der Waals surface area contributed by atoms with Crippen molar-refractivity contribution in [3.8, 4) is 11.3 Å². The van der Waals surface area contributed by atoms with Gasteiger partial charge < -0.3 is 10.7 Å². The number of benzene rings is 1. The highest BCUT2D eigenvalue weighted by molar-refractivity contribution is 5.63. The number of halogens is 1. The normalized spacial score (nSPS) is 10.2. The van der Waals surface area contributed by atoms with Crippen molar-refractivity contribution in [2.45, 2.75) is 0 Å². The minimum atomic E-state index is -0.400. The zero-order valence-corrected chi connectivity index (χ0v) is 6.79. The smallest absolute Gasteiger partial charge is 0.146 e. The van der Waals surface area contributed by atoms with Gasteiger partial charge in [0.05, 0.1) is 23.9 Å². The van der Waals surface area contributed by atoms with Crippen LogP contribution in [-0.4, -0.2) is 9.97 Å². The molecule has 0 radical (unpaired) electrons. The van der Waals surface area contributed by atoms with Crippen molar-refractivity contribution in [3.05, 3.63) is 36.5 Å². The van der Waals surface area contributed by atoms with Gasteiger partial charge >= 0.3 is 0 Å². The standard InChI is InChI=1S/C9H8FN3/c10-7-2-1-6(3-8(7)11)9-4-12-5-13-9/h1-5H,11H2,(H,12,13). The molecule has 66 valence electrons. The number of hydrogen-bond acceptors (Lipinski definition) is 2. The molecule has 1 heterocycles. The maximum Gasteiger partial charge on any atom is 0.146 e. The number of aromatic nitrogens is 2. The first-order chi connectivity index (χ1) is 6.27. The van der Waals surface area contributed by atoms with E-state index in [1.54, 1.807) is 24.7 Å². The van der Waals surface area contributed by atoms with E-state index in [2.05, 4.69) is 9.97 Å². The molecule has 3 N–H and O–H groups in total. The molecule has 0 fully saturated rings. The van der Waals surface area contributed by atoms with Crippen molar-refractivity contribution in [3.63, 3.8) is 0 Å². The summed E-state index contributed by atoms with van der Waals surface area (Å²) in [7, 11) is 0. The SMILES string of the molecule is Nc1cc(-c2cnc[nH]2)ccc1F. The van der Waals surface area contributed by atoms with Crippen molar-refractivity contribution in [1.82, 2.24) is 9.97 Å². The lowest BCUT2D eigenvalue weighted by molar-refractivity contribution is 0.632. The first kappa shape index (κ1) is 7.79. The summed E-state index contributed by atoms with van der Waals surface area (Å²) in [6.07, 6.45) is 3.22. The molecule has 4 heteroatoms. The van der Waals surface area contributed by atoms with Crippen LogP contribution in [0, 0.1) is 5.82 Å². The van der Waals surface area contributed by atoms with E-state index in [1.807, 2.05) is 0 Å². The van der Waals surface area contributed by atoms with E-state index >= 15 is 0 Å². The average Bonchev–Trinajstić information content (AvgIpc) is 2.62. The Morgan fingerprint density at radius 3 is 2.85 bits per heavy atom. The molecule has 0 bridgehead atoms. The summed E-state index contributed by atoms with van der Waals surface area (Å²) >= 11 is 0. The van der Waals surface area contributed by atoms with Gasteiger partial charge in [0.2, 0.25) is 0 Å². The Balaban J connectivity index is 2.49. The van der Waals surface area contributed by atoms with E-state index in [9.17, 15) is 4.39 Å².